The smallest absolute Gasteiger partial charge is 0.125 e. The van der Waals surface area contributed by atoms with Gasteiger partial charge in [0.05, 0.1) is 5.69 Å². The second kappa shape index (κ2) is 5.80. The van der Waals surface area contributed by atoms with Crippen LogP contribution in [0.4, 0.5) is 0 Å². The van der Waals surface area contributed by atoms with Crippen LogP contribution < -0.4 is 5.32 Å². The van der Waals surface area contributed by atoms with Gasteiger partial charge in [0.25, 0.3) is 0 Å². The molecule has 0 saturated heterocycles. The third-order valence-electron chi connectivity index (χ3n) is 3.71. The molecule has 2 aromatic rings. The molecular weight excluding hydrogens is 254 g/mol. The van der Waals surface area contributed by atoms with Gasteiger partial charge >= 0.3 is 0 Å². The molecule has 19 heavy (non-hydrogen) atoms. The Bertz CT molecular complexity index is 530. The van der Waals surface area contributed by atoms with E-state index in [2.05, 4.69) is 28.3 Å². The average molecular weight is 273 g/mol. The minimum absolute atomic E-state index is 0.711. The summed E-state index contributed by atoms with van der Waals surface area (Å²) in [5, 5.41) is 4.74. The van der Waals surface area contributed by atoms with Crippen LogP contribution in [0.3, 0.4) is 0 Å². The molecule has 0 aromatic carbocycles. The zero-order valence-corrected chi connectivity index (χ0v) is 12.0. The van der Waals surface area contributed by atoms with Crippen molar-refractivity contribution < 1.29 is 0 Å². The molecule has 3 rings (SSSR count). The fraction of sp³-hybridized carbons (Fsp3) is 0.467. The molecule has 0 bridgehead atoms. The van der Waals surface area contributed by atoms with Gasteiger partial charge in [0.15, 0.2) is 0 Å². The number of aromatic nitrogens is 2. The summed E-state index contributed by atoms with van der Waals surface area (Å²) in [6.07, 6.45) is 9.08. The Balaban J connectivity index is 1.70. The topological polar surface area (TPSA) is 37.8 Å². The molecular formula is C15H19N3S. The zero-order chi connectivity index (χ0) is 13.1. The SMILES string of the molecule is Cc1nc(-c2cccnc2)sc1CNC1CCCC1. The Kier molecular flexibility index (Phi) is 3.89. The standard InChI is InChI=1S/C15H19N3S/c1-11-14(10-17-13-6-2-3-7-13)19-15(18-11)12-5-4-8-16-9-12/h4-5,8-9,13,17H,2-3,6-7,10H2,1H3. The fourth-order valence-corrected chi connectivity index (χ4v) is 3.58. The van der Waals surface area contributed by atoms with E-state index in [1.807, 2.05) is 12.3 Å². The number of aryl methyl sites for hydroxylation is 1. The summed E-state index contributed by atoms with van der Waals surface area (Å²) in [5.41, 5.74) is 2.26. The van der Waals surface area contributed by atoms with Crippen molar-refractivity contribution in [2.45, 2.75) is 45.2 Å². The molecule has 0 radical (unpaired) electrons. The Hall–Kier alpha value is -1.26. The Morgan fingerprint density at radius 3 is 2.95 bits per heavy atom. The van der Waals surface area contributed by atoms with Gasteiger partial charge in [-0.15, -0.1) is 11.3 Å². The third-order valence-corrected chi connectivity index (χ3v) is 4.91. The molecule has 0 spiro atoms. The van der Waals surface area contributed by atoms with Crippen molar-refractivity contribution in [3.05, 3.63) is 35.1 Å². The maximum absolute atomic E-state index is 4.66. The first-order chi connectivity index (χ1) is 9.33. The van der Waals surface area contributed by atoms with Crippen molar-refractivity contribution in [1.82, 2.24) is 15.3 Å². The first kappa shape index (κ1) is 12.8. The molecule has 3 nitrogen and oxygen atoms in total. The van der Waals surface area contributed by atoms with Crippen LogP contribution in [0.1, 0.15) is 36.3 Å². The number of thiazole rings is 1. The summed E-state index contributed by atoms with van der Waals surface area (Å²) in [5.74, 6) is 0. The second-order valence-electron chi connectivity index (χ2n) is 5.13. The molecule has 2 aromatic heterocycles. The van der Waals surface area contributed by atoms with E-state index >= 15 is 0 Å². The molecule has 1 fully saturated rings. The maximum atomic E-state index is 4.66. The van der Waals surface area contributed by atoms with Crippen LogP contribution in [0, 0.1) is 6.92 Å². The first-order valence-corrected chi connectivity index (χ1v) is 7.74. The number of nitrogens with one attached hydrogen (secondary N) is 1. The highest BCUT2D eigenvalue weighted by Gasteiger charge is 2.15. The lowest BCUT2D eigenvalue weighted by atomic mass is 10.2. The lowest BCUT2D eigenvalue weighted by Crippen LogP contribution is -2.25. The Morgan fingerprint density at radius 2 is 2.21 bits per heavy atom. The summed E-state index contributed by atoms with van der Waals surface area (Å²) in [4.78, 5) is 10.2. The highest BCUT2D eigenvalue weighted by atomic mass is 32.1. The van der Waals surface area contributed by atoms with Crippen molar-refractivity contribution in [3.63, 3.8) is 0 Å². The summed E-state index contributed by atoms with van der Waals surface area (Å²) in [6.45, 7) is 3.05. The number of nitrogens with zero attached hydrogens (tertiary/aromatic N) is 2. The molecule has 0 unspecified atom stereocenters. The number of pyridine rings is 1. The van der Waals surface area contributed by atoms with Gasteiger partial charge in [-0.25, -0.2) is 4.98 Å². The van der Waals surface area contributed by atoms with E-state index in [9.17, 15) is 0 Å². The molecule has 0 aliphatic heterocycles. The van der Waals surface area contributed by atoms with Crippen LogP contribution in [0.15, 0.2) is 24.5 Å². The summed E-state index contributed by atoms with van der Waals surface area (Å²) >= 11 is 1.78. The first-order valence-electron chi connectivity index (χ1n) is 6.93. The molecule has 0 amide bonds. The van der Waals surface area contributed by atoms with Crippen LogP contribution in [0.25, 0.3) is 10.6 Å². The van der Waals surface area contributed by atoms with E-state index in [0.717, 1.165) is 22.8 Å². The van der Waals surface area contributed by atoms with Crippen molar-refractivity contribution in [1.29, 1.82) is 0 Å². The molecule has 1 aliphatic rings. The normalized spacial score (nSPS) is 16.1. The van der Waals surface area contributed by atoms with Gasteiger partial charge in [-0.05, 0) is 31.9 Å². The van der Waals surface area contributed by atoms with Gasteiger partial charge in [0, 0.05) is 35.4 Å². The molecule has 1 N–H and O–H groups in total. The van der Waals surface area contributed by atoms with E-state index in [-0.39, 0.29) is 0 Å². The monoisotopic (exact) mass is 273 g/mol. The largest absolute Gasteiger partial charge is 0.309 e. The zero-order valence-electron chi connectivity index (χ0n) is 11.2. The van der Waals surface area contributed by atoms with E-state index in [0.29, 0.717) is 6.04 Å². The van der Waals surface area contributed by atoms with E-state index in [1.165, 1.54) is 30.6 Å². The molecule has 4 heteroatoms. The van der Waals surface area contributed by atoms with Crippen molar-refractivity contribution >= 4 is 11.3 Å². The quantitative estimate of drug-likeness (QED) is 0.925. The third kappa shape index (κ3) is 3.01. The van der Waals surface area contributed by atoms with E-state index < -0.39 is 0 Å². The van der Waals surface area contributed by atoms with Crippen molar-refractivity contribution in [2.24, 2.45) is 0 Å². The van der Waals surface area contributed by atoms with Crippen LogP contribution in [0.5, 0.6) is 0 Å². The van der Waals surface area contributed by atoms with E-state index in [4.69, 9.17) is 0 Å². The summed E-state index contributed by atoms with van der Waals surface area (Å²) < 4.78 is 0. The second-order valence-corrected chi connectivity index (χ2v) is 6.22. The number of hydrogen-bond acceptors (Lipinski definition) is 4. The summed E-state index contributed by atoms with van der Waals surface area (Å²) in [7, 11) is 0. The average Bonchev–Trinajstić information content (AvgIpc) is 3.07. The van der Waals surface area contributed by atoms with Crippen LogP contribution >= 0.6 is 11.3 Å². The van der Waals surface area contributed by atoms with Gasteiger partial charge in [-0.3, -0.25) is 4.98 Å². The van der Waals surface area contributed by atoms with Crippen LogP contribution in [-0.2, 0) is 6.54 Å². The van der Waals surface area contributed by atoms with Gasteiger partial charge in [-0.1, -0.05) is 12.8 Å². The molecule has 2 heterocycles. The van der Waals surface area contributed by atoms with Gasteiger partial charge in [0.1, 0.15) is 5.01 Å². The maximum Gasteiger partial charge on any atom is 0.125 e. The molecule has 100 valence electrons. The van der Waals surface area contributed by atoms with Gasteiger partial charge in [-0.2, -0.15) is 0 Å². The Labute approximate surface area is 118 Å². The molecule has 1 aliphatic carbocycles. The number of rotatable bonds is 4. The summed E-state index contributed by atoms with van der Waals surface area (Å²) in [6, 6.07) is 4.74. The minimum atomic E-state index is 0.711. The van der Waals surface area contributed by atoms with Gasteiger partial charge < -0.3 is 5.32 Å². The lowest BCUT2D eigenvalue weighted by Gasteiger charge is -2.10. The highest BCUT2D eigenvalue weighted by molar-refractivity contribution is 7.15. The molecule has 0 atom stereocenters. The van der Waals surface area contributed by atoms with E-state index in [1.54, 1.807) is 17.5 Å². The Morgan fingerprint density at radius 1 is 1.37 bits per heavy atom. The van der Waals surface area contributed by atoms with Crippen LogP contribution in [0.2, 0.25) is 0 Å². The predicted molar refractivity (Wildman–Crippen MR) is 79.2 cm³/mol. The predicted octanol–water partition coefficient (Wildman–Crippen LogP) is 3.55. The lowest BCUT2D eigenvalue weighted by molar-refractivity contribution is 0.526. The van der Waals surface area contributed by atoms with Crippen molar-refractivity contribution in [2.75, 3.05) is 0 Å². The fourth-order valence-electron chi connectivity index (χ4n) is 2.57. The van der Waals surface area contributed by atoms with Crippen molar-refractivity contribution in [3.8, 4) is 10.6 Å². The highest BCUT2D eigenvalue weighted by Crippen LogP contribution is 2.27. The number of hydrogen-bond donors (Lipinski definition) is 1. The van der Waals surface area contributed by atoms with Gasteiger partial charge in [0.2, 0.25) is 0 Å². The minimum Gasteiger partial charge on any atom is -0.309 e. The molecule has 1 saturated carbocycles. The van der Waals surface area contributed by atoms with Crippen LogP contribution in [-0.4, -0.2) is 16.0 Å².